The van der Waals surface area contributed by atoms with Crippen LogP contribution >= 0.6 is 11.3 Å². The lowest BCUT2D eigenvalue weighted by Crippen LogP contribution is -3.00. The number of halogens is 1. The van der Waals surface area contributed by atoms with Crippen LogP contribution in [0.4, 0.5) is 5.13 Å². The molecule has 0 bridgehead atoms. The maximum atomic E-state index is 11.7. The maximum Gasteiger partial charge on any atom is 0.232 e. The number of pyridine rings is 1. The first-order valence-electron chi connectivity index (χ1n) is 5.81. The van der Waals surface area contributed by atoms with E-state index in [4.69, 9.17) is 0 Å². The van der Waals surface area contributed by atoms with Gasteiger partial charge in [0.05, 0.1) is 12.1 Å². The summed E-state index contributed by atoms with van der Waals surface area (Å²) in [4.78, 5) is 15.9. The molecule has 102 valence electrons. The molecule has 2 heterocycles. The molecule has 19 heavy (non-hydrogen) atoms. The molecule has 0 radical (unpaired) electrons. The van der Waals surface area contributed by atoms with Crippen LogP contribution in [-0.4, -0.2) is 10.9 Å². The third-order valence-electron chi connectivity index (χ3n) is 2.52. The van der Waals surface area contributed by atoms with Crippen molar-refractivity contribution in [1.29, 1.82) is 0 Å². The van der Waals surface area contributed by atoms with Crippen molar-refractivity contribution in [3.63, 3.8) is 0 Å². The van der Waals surface area contributed by atoms with Gasteiger partial charge in [0.15, 0.2) is 24.1 Å². The summed E-state index contributed by atoms with van der Waals surface area (Å²) in [6.45, 7) is 4.63. The first-order valence-corrected chi connectivity index (χ1v) is 6.69. The number of hydrogen-bond donors (Lipinski definition) is 1. The van der Waals surface area contributed by atoms with Crippen molar-refractivity contribution in [1.82, 2.24) is 4.98 Å². The summed E-state index contributed by atoms with van der Waals surface area (Å²) in [5, 5.41) is 5.39. The summed E-state index contributed by atoms with van der Waals surface area (Å²) in [5.74, 6) is -0.00238. The van der Waals surface area contributed by atoms with Crippen LogP contribution in [0, 0.1) is 13.8 Å². The highest BCUT2D eigenvalue weighted by Gasteiger charge is 2.08. The fourth-order valence-corrected chi connectivity index (χ4v) is 2.21. The number of nitrogens with one attached hydrogen (secondary N) is 1. The van der Waals surface area contributed by atoms with E-state index in [0.29, 0.717) is 18.1 Å². The van der Waals surface area contributed by atoms with Crippen LogP contribution in [0.15, 0.2) is 29.9 Å². The molecule has 0 atom stereocenters. The Balaban J connectivity index is 0.00000180. The zero-order valence-corrected chi connectivity index (χ0v) is 13.3. The van der Waals surface area contributed by atoms with Gasteiger partial charge in [-0.25, -0.2) is 9.55 Å². The van der Waals surface area contributed by atoms with Crippen LogP contribution in [0.1, 0.15) is 17.7 Å². The monoisotopic (exact) mass is 341 g/mol. The molecule has 0 aliphatic heterocycles. The van der Waals surface area contributed by atoms with E-state index >= 15 is 0 Å². The van der Waals surface area contributed by atoms with Crippen molar-refractivity contribution in [3.05, 3.63) is 41.2 Å². The quantitative estimate of drug-likeness (QED) is 0.731. The van der Waals surface area contributed by atoms with Gasteiger partial charge in [0, 0.05) is 17.5 Å². The second-order valence-electron chi connectivity index (χ2n) is 4.21. The Kier molecular flexibility index (Phi) is 6.11. The Morgan fingerprint density at radius 2 is 2.05 bits per heavy atom. The van der Waals surface area contributed by atoms with Gasteiger partial charge < -0.3 is 22.3 Å². The standard InChI is InChI=1S/C13H15N3OS.BrH/c1-10-3-6-16(7-4-10)8-5-12(17)15-13-14-11(2)9-18-13;/h3-4,6-7,9H,5,8H2,1-2H3;1H. The van der Waals surface area contributed by atoms with Gasteiger partial charge in [0.25, 0.3) is 0 Å². The van der Waals surface area contributed by atoms with Gasteiger partial charge in [-0.15, -0.1) is 11.3 Å². The molecule has 0 saturated carbocycles. The van der Waals surface area contributed by atoms with E-state index in [0.717, 1.165) is 5.69 Å². The number of carbonyl (C=O) groups is 1. The lowest BCUT2D eigenvalue weighted by Gasteiger charge is -1.99. The number of rotatable bonds is 4. The lowest BCUT2D eigenvalue weighted by atomic mass is 10.3. The number of hydrogen-bond acceptors (Lipinski definition) is 3. The molecule has 0 unspecified atom stereocenters. The van der Waals surface area contributed by atoms with Crippen molar-refractivity contribution in [2.24, 2.45) is 0 Å². The van der Waals surface area contributed by atoms with Crippen molar-refractivity contribution >= 4 is 22.4 Å². The number of thiazole rings is 1. The van der Waals surface area contributed by atoms with Gasteiger partial charge >= 0.3 is 0 Å². The molecule has 4 nitrogen and oxygen atoms in total. The molecule has 0 saturated heterocycles. The zero-order valence-electron chi connectivity index (χ0n) is 10.9. The third-order valence-corrected chi connectivity index (χ3v) is 3.40. The van der Waals surface area contributed by atoms with Gasteiger partial charge in [-0.2, -0.15) is 0 Å². The summed E-state index contributed by atoms with van der Waals surface area (Å²) in [6.07, 6.45) is 4.42. The number of amides is 1. The molecule has 1 N–H and O–H groups in total. The van der Waals surface area contributed by atoms with Gasteiger partial charge in [-0.1, -0.05) is 0 Å². The van der Waals surface area contributed by atoms with Crippen LogP contribution in [0.25, 0.3) is 0 Å². The molecule has 0 aliphatic rings. The Morgan fingerprint density at radius 1 is 1.37 bits per heavy atom. The fraction of sp³-hybridized carbons (Fsp3) is 0.308. The number of nitrogens with zero attached hydrogens (tertiary/aromatic N) is 2. The Morgan fingerprint density at radius 3 is 2.63 bits per heavy atom. The second kappa shape index (κ2) is 7.35. The van der Waals surface area contributed by atoms with Crippen LogP contribution in [0.5, 0.6) is 0 Å². The Bertz CT molecular complexity index is 539. The van der Waals surface area contributed by atoms with Crippen molar-refractivity contribution in [3.8, 4) is 0 Å². The number of aromatic nitrogens is 2. The molecule has 6 heteroatoms. The molecule has 2 aromatic heterocycles. The SMILES string of the molecule is Cc1cc[n+](CCC(=O)Nc2nc(C)cs2)cc1.[Br-]. The summed E-state index contributed by atoms with van der Waals surface area (Å²) >= 11 is 1.45. The average Bonchev–Trinajstić information content (AvgIpc) is 2.74. The van der Waals surface area contributed by atoms with Crippen molar-refractivity contribution in [2.45, 2.75) is 26.8 Å². The lowest BCUT2D eigenvalue weighted by molar-refractivity contribution is -0.695. The van der Waals surface area contributed by atoms with Crippen LogP contribution in [0.3, 0.4) is 0 Å². The van der Waals surface area contributed by atoms with E-state index in [1.54, 1.807) is 0 Å². The second-order valence-corrected chi connectivity index (χ2v) is 5.06. The van der Waals surface area contributed by atoms with Crippen molar-refractivity contribution in [2.75, 3.05) is 5.32 Å². The van der Waals surface area contributed by atoms with Gasteiger partial charge in [0.1, 0.15) is 0 Å². The van der Waals surface area contributed by atoms with E-state index in [2.05, 4.69) is 10.3 Å². The average molecular weight is 342 g/mol. The maximum absolute atomic E-state index is 11.7. The first-order chi connectivity index (χ1) is 8.63. The molecule has 0 spiro atoms. The van der Waals surface area contributed by atoms with Gasteiger partial charge in [-0.3, -0.25) is 4.79 Å². The summed E-state index contributed by atoms with van der Waals surface area (Å²) in [5.41, 5.74) is 2.15. The number of aryl methyl sites for hydroxylation is 3. The molecule has 2 rings (SSSR count). The minimum Gasteiger partial charge on any atom is -1.00 e. The van der Waals surface area contributed by atoms with Gasteiger partial charge in [-0.05, 0) is 19.4 Å². The highest BCUT2D eigenvalue weighted by Crippen LogP contribution is 2.14. The zero-order chi connectivity index (χ0) is 13.0. The highest BCUT2D eigenvalue weighted by molar-refractivity contribution is 7.13. The molecule has 0 aliphatic carbocycles. The number of anilines is 1. The summed E-state index contributed by atoms with van der Waals surface area (Å²) in [7, 11) is 0. The van der Waals surface area contributed by atoms with E-state index in [9.17, 15) is 4.79 Å². The normalized spacial score (nSPS) is 9.79. The van der Waals surface area contributed by atoms with Crippen molar-refractivity contribution < 1.29 is 26.3 Å². The van der Waals surface area contributed by atoms with E-state index in [1.807, 2.05) is 48.3 Å². The van der Waals surface area contributed by atoms with Crippen LogP contribution in [0.2, 0.25) is 0 Å². The minimum absolute atomic E-state index is 0. The summed E-state index contributed by atoms with van der Waals surface area (Å²) < 4.78 is 2.00. The predicted molar refractivity (Wildman–Crippen MR) is 71.5 cm³/mol. The largest absolute Gasteiger partial charge is 1.00 e. The highest BCUT2D eigenvalue weighted by atomic mass is 79.9. The molecule has 2 aromatic rings. The topological polar surface area (TPSA) is 45.9 Å². The third kappa shape index (κ3) is 5.08. The Labute approximate surface area is 127 Å². The number of carbonyl (C=O) groups excluding carboxylic acids is 1. The molecule has 1 amide bonds. The minimum atomic E-state index is -0.00238. The smallest absolute Gasteiger partial charge is 0.232 e. The van der Waals surface area contributed by atoms with E-state index < -0.39 is 0 Å². The molecular weight excluding hydrogens is 326 g/mol. The van der Waals surface area contributed by atoms with E-state index in [-0.39, 0.29) is 22.9 Å². The van der Waals surface area contributed by atoms with Gasteiger partial charge in [0.2, 0.25) is 5.91 Å². The molecule has 0 aromatic carbocycles. The van der Waals surface area contributed by atoms with E-state index in [1.165, 1.54) is 16.9 Å². The van der Waals surface area contributed by atoms with Crippen LogP contribution < -0.4 is 26.9 Å². The van der Waals surface area contributed by atoms with Crippen LogP contribution in [-0.2, 0) is 11.3 Å². The molecular formula is C13H16BrN3OS. The fourth-order valence-electron chi connectivity index (χ4n) is 1.50. The molecule has 0 fully saturated rings. The summed E-state index contributed by atoms with van der Waals surface area (Å²) in [6, 6.07) is 4.06. The first kappa shape index (κ1) is 15.8. The Hall–Kier alpha value is -1.27. The predicted octanol–water partition coefficient (Wildman–Crippen LogP) is -0.920.